The first-order valence-corrected chi connectivity index (χ1v) is 8.74. The number of nitrogens with two attached hydrogens (primary N) is 1. The van der Waals surface area contributed by atoms with Crippen molar-refractivity contribution in [3.05, 3.63) is 29.8 Å². The molecule has 0 aliphatic carbocycles. The van der Waals surface area contributed by atoms with E-state index in [4.69, 9.17) is 10.5 Å². The molecular weight excluding hydrogens is 445 g/mol. The molecule has 1 aliphatic heterocycles. The molecule has 1 aromatic rings. The molecular formula is C18H30IN5O2. The summed E-state index contributed by atoms with van der Waals surface area (Å²) in [6.07, 6.45) is 1.44. The Labute approximate surface area is 173 Å². The number of carbonyl (C=O) groups excluding carboxylic acids is 1. The van der Waals surface area contributed by atoms with E-state index in [1.807, 2.05) is 33.2 Å². The number of likely N-dealkylation sites (tertiary alicyclic amines) is 1. The van der Waals surface area contributed by atoms with Crippen molar-refractivity contribution in [1.29, 1.82) is 0 Å². The molecule has 0 radical (unpaired) electrons. The van der Waals surface area contributed by atoms with E-state index in [0.29, 0.717) is 32.2 Å². The summed E-state index contributed by atoms with van der Waals surface area (Å²) in [6.45, 7) is 4.12. The average molecular weight is 475 g/mol. The minimum absolute atomic E-state index is 0. The molecule has 0 spiro atoms. The van der Waals surface area contributed by atoms with Crippen LogP contribution in [0.3, 0.4) is 0 Å². The summed E-state index contributed by atoms with van der Waals surface area (Å²) in [6, 6.07) is 8.47. The monoisotopic (exact) mass is 475 g/mol. The number of halogens is 1. The van der Waals surface area contributed by atoms with Crippen LogP contribution in [0.15, 0.2) is 29.3 Å². The predicted octanol–water partition coefficient (Wildman–Crippen LogP) is 2.40. The zero-order valence-electron chi connectivity index (χ0n) is 15.8. The highest BCUT2D eigenvalue weighted by atomic mass is 127. The van der Waals surface area contributed by atoms with Gasteiger partial charge in [0.2, 0.25) is 0 Å². The Morgan fingerprint density at radius 1 is 1.38 bits per heavy atom. The predicted molar refractivity (Wildman–Crippen MR) is 116 cm³/mol. The number of piperidine rings is 1. The maximum atomic E-state index is 11.7. The van der Waals surface area contributed by atoms with Crippen LogP contribution in [0, 0.1) is 0 Å². The Balaban J connectivity index is 0.00000338. The van der Waals surface area contributed by atoms with Gasteiger partial charge >= 0.3 is 6.09 Å². The van der Waals surface area contributed by atoms with Crippen LogP contribution in [0.5, 0.6) is 0 Å². The van der Waals surface area contributed by atoms with Crippen molar-refractivity contribution < 1.29 is 9.53 Å². The van der Waals surface area contributed by atoms with E-state index >= 15 is 0 Å². The Morgan fingerprint density at radius 2 is 2.08 bits per heavy atom. The third kappa shape index (κ3) is 6.89. The second-order valence-electron chi connectivity index (χ2n) is 6.37. The number of hydrogen-bond acceptors (Lipinski definition) is 4. The lowest BCUT2D eigenvalue weighted by molar-refractivity contribution is 0.0963. The SMILES string of the molecule is CCOC(=O)N1CCC(NC(N)=NCc2cccc(N(C)C)c2)CC1.I. The van der Waals surface area contributed by atoms with Crippen molar-refractivity contribution >= 4 is 41.7 Å². The van der Waals surface area contributed by atoms with Gasteiger partial charge in [-0.1, -0.05) is 12.1 Å². The van der Waals surface area contributed by atoms with Crippen LogP contribution in [-0.2, 0) is 11.3 Å². The van der Waals surface area contributed by atoms with Gasteiger partial charge in [-0.05, 0) is 37.5 Å². The molecule has 26 heavy (non-hydrogen) atoms. The molecule has 0 atom stereocenters. The van der Waals surface area contributed by atoms with E-state index in [2.05, 4.69) is 27.3 Å². The minimum atomic E-state index is -0.233. The van der Waals surface area contributed by atoms with E-state index in [0.717, 1.165) is 24.1 Å². The highest BCUT2D eigenvalue weighted by Gasteiger charge is 2.23. The maximum absolute atomic E-state index is 11.7. The van der Waals surface area contributed by atoms with E-state index in [1.165, 1.54) is 0 Å². The van der Waals surface area contributed by atoms with Crippen LogP contribution in [0.4, 0.5) is 10.5 Å². The zero-order valence-corrected chi connectivity index (χ0v) is 18.1. The summed E-state index contributed by atoms with van der Waals surface area (Å²) in [5.74, 6) is 0.449. The molecule has 1 amide bonds. The van der Waals surface area contributed by atoms with Crippen LogP contribution in [0.1, 0.15) is 25.3 Å². The Morgan fingerprint density at radius 3 is 2.69 bits per heavy atom. The Kier molecular flexibility index (Phi) is 9.53. The number of anilines is 1. The Bertz CT molecular complexity index is 601. The smallest absolute Gasteiger partial charge is 0.409 e. The summed E-state index contributed by atoms with van der Waals surface area (Å²) in [7, 11) is 4.03. The summed E-state index contributed by atoms with van der Waals surface area (Å²) in [5.41, 5.74) is 8.28. The second kappa shape index (κ2) is 11.1. The fraction of sp³-hybridized carbons (Fsp3) is 0.556. The van der Waals surface area contributed by atoms with Crippen molar-refractivity contribution in [3.63, 3.8) is 0 Å². The molecule has 1 saturated heterocycles. The van der Waals surface area contributed by atoms with Gasteiger partial charge in [0.25, 0.3) is 0 Å². The molecule has 146 valence electrons. The number of guanidine groups is 1. The van der Waals surface area contributed by atoms with E-state index in [9.17, 15) is 4.79 Å². The van der Waals surface area contributed by atoms with Crippen LogP contribution in [0.2, 0.25) is 0 Å². The molecule has 7 nitrogen and oxygen atoms in total. The normalized spacial score (nSPS) is 15.2. The van der Waals surface area contributed by atoms with Gasteiger partial charge in [0, 0.05) is 38.9 Å². The van der Waals surface area contributed by atoms with Crippen molar-refractivity contribution in [2.24, 2.45) is 10.7 Å². The van der Waals surface area contributed by atoms with Gasteiger partial charge in [0.1, 0.15) is 0 Å². The lowest BCUT2D eigenvalue weighted by atomic mass is 10.1. The van der Waals surface area contributed by atoms with Gasteiger partial charge in [0.05, 0.1) is 13.2 Å². The lowest BCUT2D eigenvalue weighted by Gasteiger charge is -2.31. The van der Waals surface area contributed by atoms with E-state index in [-0.39, 0.29) is 36.1 Å². The number of nitrogens with zero attached hydrogens (tertiary/aromatic N) is 3. The molecule has 3 N–H and O–H groups in total. The van der Waals surface area contributed by atoms with Crippen molar-refractivity contribution in [2.45, 2.75) is 32.4 Å². The van der Waals surface area contributed by atoms with Crippen molar-refractivity contribution in [2.75, 3.05) is 38.7 Å². The molecule has 0 aromatic heterocycles. The average Bonchev–Trinajstić information content (AvgIpc) is 2.61. The summed E-state index contributed by atoms with van der Waals surface area (Å²) in [4.78, 5) is 19.9. The van der Waals surface area contributed by atoms with Crippen LogP contribution < -0.4 is 16.0 Å². The lowest BCUT2D eigenvalue weighted by Crippen LogP contribution is -2.48. The molecule has 0 bridgehead atoms. The highest BCUT2D eigenvalue weighted by Crippen LogP contribution is 2.14. The number of nitrogens with one attached hydrogen (secondary N) is 1. The number of rotatable bonds is 5. The fourth-order valence-corrected chi connectivity index (χ4v) is 2.79. The topological polar surface area (TPSA) is 83.2 Å². The highest BCUT2D eigenvalue weighted by molar-refractivity contribution is 14.0. The number of carbonyl (C=O) groups is 1. The first-order valence-electron chi connectivity index (χ1n) is 8.74. The third-order valence-corrected chi connectivity index (χ3v) is 4.23. The first kappa shape index (κ1) is 22.3. The maximum Gasteiger partial charge on any atom is 0.409 e. The molecule has 0 saturated carbocycles. The molecule has 2 rings (SSSR count). The van der Waals surface area contributed by atoms with Gasteiger partial charge in [0.15, 0.2) is 5.96 Å². The van der Waals surface area contributed by atoms with Gasteiger partial charge in [-0.25, -0.2) is 9.79 Å². The van der Waals surface area contributed by atoms with Crippen molar-refractivity contribution in [3.8, 4) is 0 Å². The summed E-state index contributed by atoms with van der Waals surface area (Å²) >= 11 is 0. The van der Waals surface area contributed by atoms with Gasteiger partial charge in [-0.2, -0.15) is 0 Å². The van der Waals surface area contributed by atoms with Crippen molar-refractivity contribution in [1.82, 2.24) is 10.2 Å². The quantitative estimate of drug-likeness (QED) is 0.388. The molecule has 8 heteroatoms. The second-order valence-corrected chi connectivity index (χ2v) is 6.37. The van der Waals surface area contributed by atoms with Gasteiger partial charge in [-0.15, -0.1) is 24.0 Å². The Hall–Kier alpha value is -1.71. The largest absolute Gasteiger partial charge is 0.450 e. The van der Waals surface area contributed by atoms with Gasteiger partial charge < -0.3 is 25.6 Å². The fourth-order valence-electron chi connectivity index (χ4n) is 2.79. The summed E-state index contributed by atoms with van der Waals surface area (Å²) in [5, 5.41) is 3.26. The number of amides is 1. The van der Waals surface area contributed by atoms with Crippen LogP contribution >= 0.6 is 24.0 Å². The standard InChI is InChI=1S/C18H29N5O2.HI/c1-4-25-18(24)23-10-8-15(9-11-23)21-17(19)20-13-14-6-5-7-16(12-14)22(2)3;/h5-7,12,15H,4,8-11,13H2,1-3H3,(H3,19,20,21);1H. The minimum Gasteiger partial charge on any atom is -0.450 e. The molecule has 1 aliphatic rings. The number of benzene rings is 1. The molecule has 1 aromatic carbocycles. The van der Waals surface area contributed by atoms with Crippen LogP contribution in [0.25, 0.3) is 0 Å². The molecule has 0 unspecified atom stereocenters. The molecule has 1 fully saturated rings. The first-order chi connectivity index (χ1) is 12.0. The van der Waals surface area contributed by atoms with E-state index in [1.54, 1.807) is 4.90 Å². The zero-order chi connectivity index (χ0) is 18.2. The number of hydrogen-bond donors (Lipinski definition) is 2. The number of ether oxygens (including phenoxy) is 1. The third-order valence-electron chi connectivity index (χ3n) is 4.23. The number of aliphatic imine (C=N–C) groups is 1. The van der Waals surface area contributed by atoms with Gasteiger partial charge in [-0.3, -0.25) is 0 Å². The van der Waals surface area contributed by atoms with E-state index < -0.39 is 0 Å². The molecule has 1 heterocycles. The van der Waals surface area contributed by atoms with Crippen LogP contribution in [-0.4, -0.2) is 56.8 Å². The summed E-state index contributed by atoms with van der Waals surface area (Å²) < 4.78 is 5.03.